The van der Waals surface area contributed by atoms with E-state index in [1.165, 1.54) is 7.11 Å². The van der Waals surface area contributed by atoms with E-state index in [4.69, 9.17) is 22.1 Å². The van der Waals surface area contributed by atoms with E-state index in [0.717, 1.165) is 11.3 Å². The van der Waals surface area contributed by atoms with Crippen molar-refractivity contribution in [1.82, 2.24) is 4.98 Å². The van der Waals surface area contributed by atoms with Crippen molar-refractivity contribution in [3.05, 3.63) is 22.3 Å². The Kier molecular flexibility index (Phi) is 2.89. The van der Waals surface area contributed by atoms with Crippen molar-refractivity contribution < 1.29 is 4.74 Å². The highest BCUT2D eigenvalue weighted by molar-refractivity contribution is 6.32. The monoisotopic (exact) mass is 186 g/mol. The lowest BCUT2D eigenvalue weighted by molar-refractivity contribution is 0.396. The molecule has 0 aliphatic heterocycles. The molecule has 0 spiro atoms. The van der Waals surface area contributed by atoms with E-state index in [9.17, 15) is 0 Å². The molecule has 0 amide bonds. The highest BCUT2D eigenvalue weighted by Crippen LogP contribution is 2.25. The van der Waals surface area contributed by atoms with E-state index in [1.807, 2.05) is 13.0 Å². The Hall–Kier alpha value is -0.800. The molecule has 0 saturated heterocycles. The standard InChI is InChI=1S/C8H11ClN2O/c1-5-3-6(4-10)7(9)8(11-5)12-2/h3H,4,10H2,1-2H3. The summed E-state index contributed by atoms with van der Waals surface area (Å²) in [5.41, 5.74) is 7.20. The van der Waals surface area contributed by atoms with Crippen LogP contribution < -0.4 is 10.5 Å². The molecule has 1 aromatic rings. The normalized spacial score (nSPS) is 10.0. The second kappa shape index (κ2) is 3.74. The Morgan fingerprint density at radius 3 is 2.83 bits per heavy atom. The first-order valence-electron chi connectivity index (χ1n) is 3.59. The number of ether oxygens (including phenoxy) is 1. The predicted octanol–water partition coefficient (Wildman–Crippen LogP) is 1.51. The lowest BCUT2D eigenvalue weighted by atomic mass is 10.2. The van der Waals surface area contributed by atoms with Gasteiger partial charge in [0.1, 0.15) is 5.02 Å². The Bertz CT molecular complexity index is 263. The molecule has 0 aliphatic carbocycles. The minimum Gasteiger partial charge on any atom is -0.480 e. The number of nitrogens with two attached hydrogens (primary N) is 1. The molecular formula is C8H11ClN2O. The highest BCUT2D eigenvalue weighted by Gasteiger charge is 2.07. The van der Waals surface area contributed by atoms with Gasteiger partial charge in [-0.25, -0.2) is 4.98 Å². The Morgan fingerprint density at radius 1 is 1.67 bits per heavy atom. The first-order valence-corrected chi connectivity index (χ1v) is 3.97. The number of aryl methyl sites for hydroxylation is 1. The summed E-state index contributed by atoms with van der Waals surface area (Å²) in [4.78, 5) is 4.09. The smallest absolute Gasteiger partial charge is 0.232 e. The van der Waals surface area contributed by atoms with Crippen molar-refractivity contribution in [2.24, 2.45) is 5.73 Å². The molecule has 4 heteroatoms. The van der Waals surface area contributed by atoms with E-state index in [0.29, 0.717) is 17.4 Å². The second-order valence-corrected chi connectivity index (χ2v) is 2.83. The fraction of sp³-hybridized carbons (Fsp3) is 0.375. The number of halogens is 1. The fourth-order valence-electron chi connectivity index (χ4n) is 0.978. The van der Waals surface area contributed by atoms with Gasteiger partial charge in [-0.3, -0.25) is 0 Å². The zero-order chi connectivity index (χ0) is 9.14. The molecule has 1 aromatic heterocycles. The Morgan fingerprint density at radius 2 is 2.33 bits per heavy atom. The van der Waals surface area contributed by atoms with Gasteiger partial charge in [0, 0.05) is 12.2 Å². The molecule has 0 bridgehead atoms. The molecule has 0 atom stereocenters. The van der Waals surface area contributed by atoms with Gasteiger partial charge in [0.25, 0.3) is 0 Å². The maximum absolute atomic E-state index is 5.91. The van der Waals surface area contributed by atoms with Gasteiger partial charge in [0.2, 0.25) is 5.88 Å². The number of rotatable bonds is 2. The molecule has 1 heterocycles. The molecule has 1 rings (SSSR count). The molecule has 0 unspecified atom stereocenters. The van der Waals surface area contributed by atoms with Gasteiger partial charge in [0.15, 0.2) is 0 Å². The largest absolute Gasteiger partial charge is 0.480 e. The van der Waals surface area contributed by atoms with Crippen LogP contribution in [-0.4, -0.2) is 12.1 Å². The Labute approximate surface area is 76.5 Å². The average molecular weight is 187 g/mol. The van der Waals surface area contributed by atoms with Crippen molar-refractivity contribution in [3.63, 3.8) is 0 Å². The molecule has 0 radical (unpaired) electrons. The molecule has 0 aliphatic rings. The van der Waals surface area contributed by atoms with E-state index >= 15 is 0 Å². The summed E-state index contributed by atoms with van der Waals surface area (Å²) in [7, 11) is 1.54. The maximum Gasteiger partial charge on any atom is 0.232 e. The van der Waals surface area contributed by atoms with Crippen LogP contribution in [0.1, 0.15) is 11.3 Å². The van der Waals surface area contributed by atoms with E-state index in [1.54, 1.807) is 0 Å². The second-order valence-electron chi connectivity index (χ2n) is 2.45. The van der Waals surface area contributed by atoms with Crippen LogP contribution in [0.3, 0.4) is 0 Å². The van der Waals surface area contributed by atoms with Gasteiger partial charge in [-0.15, -0.1) is 0 Å². The van der Waals surface area contributed by atoms with Crippen LogP contribution >= 0.6 is 11.6 Å². The minimum atomic E-state index is 0.401. The van der Waals surface area contributed by atoms with Crippen molar-refractivity contribution in [1.29, 1.82) is 0 Å². The minimum absolute atomic E-state index is 0.401. The van der Waals surface area contributed by atoms with Crippen LogP contribution in [0.15, 0.2) is 6.07 Å². The summed E-state index contributed by atoms with van der Waals surface area (Å²) in [6.07, 6.45) is 0. The number of aromatic nitrogens is 1. The molecule has 2 N–H and O–H groups in total. The number of methoxy groups -OCH3 is 1. The molecule has 66 valence electrons. The lowest BCUT2D eigenvalue weighted by Crippen LogP contribution is -2.01. The fourth-order valence-corrected chi connectivity index (χ4v) is 1.23. The van der Waals surface area contributed by atoms with Crippen molar-refractivity contribution in [2.45, 2.75) is 13.5 Å². The van der Waals surface area contributed by atoms with Gasteiger partial charge in [-0.05, 0) is 18.6 Å². The van der Waals surface area contributed by atoms with Crippen LogP contribution in [0.5, 0.6) is 5.88 Å². The summed E-state index contributed by atoms with van der Waals surface area (Å²) < 4.78 is 4.97. The van der Waals surface area contributed by atoms with E-state index in [2.05, 4.69) is 4.98 Å². The molecule has 0 fully saturated rings. The first-order chi connectivity index (χ1) is 5.69. The third kappa shape index (κ3) is 1.68. The number of pyridine rings is 1. The van der Waals surface area contributed by atoms with Gasteiger partial charge in [-0.1, -0.05) is 11.6 Å². The number of hydrogen-bond donors (Lipinski definition) is 1. The summed E-state index contributed by atoms with van der Waals surface area (Å²) in [6.45, 7) is 2.27. The summed E-state index contributed by atoms with van der Waals surface area (Å²) in [6, 6.07) is 1.85. The molecule has 0 aromatic carbocycles. The van der Waals surface area contributed by atoms with E-state index < -0.39 is 0 Å². The maximum atomic E-state index is 5.91. The number of hydrogen-bond acceptors (Lipinski definition) is 3. The van der Waals surface area contributed by atoms with Gasteiger partial charge in [0.05, 0.1) is 7.11 Å². The third-order valence-corrected chi connectivity index (χ3v) is 1.95. The van der Waals surface area contributed by atoms with E-state index in [-0.39, 0.29) is 0 Å². The first kappa shape index (κ1) is 9.29. The lowest BCUT2D eigenvalue weighted by Gasteiger charge is -2.06. The predicted molar refractivity (Wildman–Crippen MR) is 48.4 cm³/mol. The SMILES string of the molecule is COc1nc(C)cc(CN)c1Cl. The van der Waals surface area contributed by atoms with Crippen LogP contribution in [0.25, 0.3) is 0 Å². The molecule has 12 heavy (non-hydrogen) atoms. The average Bonchev–Trinajstić information content (AvgIpc) is 2.08. The van der Waals surface area contributed by atoms with Crippen LogP contribution in [0.4, 0.5) is 0 Å². The molecular weight excluding hydrogens is 176 g/mol. The third-order valence-electron chi connectivity index (χ3n) is 1.54. The zero-order valence-corrected chi connectivity index (χ0v) is 7.85. The summed E-state index contributed by atoms with van der Waals surface area (Å²) >= 11 is 5.91. The Balaban J connectivity index is 3.22. The van der Waals surface area contributed by atoms with Crippen LogP contribution in [-0.2, 0) is 6.54 Å². The zero-order valence-electron chi connectivity index (χ0n) is 7.10. The van der Waals surface area contributed by atoms with Gasteiger partial charge in [-0.2, -0.15) is 0 Å². The summed E-state index contributed by atoms with van der Waals surface area (Å²) in [5.74, 6) is 0.442. The molecule has 0 saturated carbocycles. The van der Waals surface area contributed by atoms with Gasteiger partial charge < -0.3 is 10.5 Å². The topological polar surface area (TPSA) is 48.1 Å². The van der Waals surface area contributed by atoms with Crippen LogP contribution in [0, 0.1) is 6.92 Å². The summed E-state index contributed by atoms with van der Waals surface area (Å²) in [5, 5.41) is 0.505. The molecule has 3 nitrogen and oxygen atoms in total. The number of nitrogens with zero attached hydrogens (tertiary/aromatic N) is 1. The van der Waals surface area contributed by atoms with Gasteiger partial charge >= 0.3 is 0 Å². The van der Waals surface area contributed by atoms with Crippen molar-refractivity contribution >= 4 is 11.6 Å². The van der Waals surface area contributed by atoms with Crippen molar-refractivity contribution in [2.75, 3.05) is 7.11 Å². The quantitative estimate of drug-likeness (QED) is 0.762. The van der Waals surface area contributed by atoms with Crippen LogP contribution in [0.2, 0.25) is 5.02 Å². The van der Waals surface area contributed by atoms with Crippen molar-refractivity contribution in [3.8, 4) is 5.88 Å². The highest BCUT2D eigenvalue weighted by atomic mass is 35.5.